The zero-order chi connectivity index (χ0) is 22.1. The summed E-state index contributed by atoms with van der Waals surface area (Å²) in [5.41, 5.74) is 3.47. The number of fused-ring (bicyclic) bond motifs is 1. The van der Waals surface area contributed by atoms with Gasteiger partial charge in [0.05, 0.1) is 18.3 Å². The number of amides is 1. The number of nitrogens with one attached hydrogen (secondary N) is 1. The lowest BCUT2D eigenvalue weighted by Crippen LogP contribution is -2.31. The van der Waals surface area contributed by atoms with Gasteiger partial charge in [-0.1, -0.05) is 29.8 Å². The minimum atomic E-state index is -0.0122. The van der Waals surface area contributed by atoms with E-state index < -0.39 is 0 Å². The van der Waals surface area contributed by atoms with Crippen LogP contribution < -0.4 is 10.2 Å². The van der Waals surface area contributed by atoms with Crippen LogP contribution in [0.3, 0.4) is 0 Å². The summed E-state index contributed by atoms with van der Waals surface area (Å²) in [5, 5.41) is 7.98. The molecular formula is C23H20ClN7O. The fourth-order valence-electron chi connectivity index (χ4n) is 3.76. The number of carbonyl (C=O) groups is 1. The number of benzene rings is 1. The van der Waals surface area contributed by atoms with Gasteiger partial charge < -0.3 is 5.32 Å². The maximum atomic E-state index is 12.9. The van der Waals surface area contributed by atoms with E-state index in [1.165, 1.54) is 6.33 Å². The Kier molecular flexibility index (Phi) is 5.28. The predicted molar refractivity (Wildman–Crippen MR) is 123 cm³/mol. The Morgan fingerprint density at radius 3 is 2.84 bits per heavy atom. The van der Waals surface area contributed by atoms with Gasteiger partial charge >= 0.3 is 0 Å². The fraction of sp³-hybridized carbons (Fsp3) is 0.174. The number of pyridine rings is 1. The molecule has 160 valence electrons. The minimum Gasteiger partial charge on any atom is -0.325 e. The third-order valence-corrected chi connectivity index (χ3v) is 5.81. The molecule has 0 saturated carbocycles. The molecular weight excluding hydrogens is 426 g/mol. The fourth-order valence-corrected chi connectivity index (χ4v) is 3.97. The first kappa shape index (κ1) is 20.1. The van der Waals surface area contributed by atoms with E-state index in [0.29, 0.717) is 23.2 Å². The number of anilines is 3. The lowest BCUT2D eigenvalue weighted by atomic mass is 10.1. The molecule has 1 N–H and O–H groups in total. The molecule has 1 aliphatic heterocycles. The number of aromatic nitrogens is 5. The van der Waals surface area contributed by atoms with Gasteiger partial charge in [0.1, 0.15) is 23.8 Å². The van der Waals surface area contributed by atoms with Crippen molar-refractivity contribution in [3.63, 3.8) is 0 Å². The van der Waals surface area contributed by atoms with E-state index in [-0.39, 0.29) is 12.3 Å². The minimum absolute atomic E-state index is 0.0122. The zero-order valence-electron chi connectivity index (χ0n) is 17.4. The third-order valence-electron chi connectivity index (χ3n) is 5.44. The summed E-state index contributed by atoms with van der Waals surface area (Å²) < 4.78 is 1.73. The molecule has 1 aromatic carbocycles. The number of carbonyl (C=O) groups excluding carboxylic acids is 1. The third kappa shape index (κ3) is 3.92. The van der Waals surface area contributed by atoms with Crippen LogP contribution in [-0.2, 0) is 24.7 Å². The molecule has 32 heavy (non-hydrogen) atoms. The molecule has 9 heteroatoms. The van der Waals surface area contributed by atoms with Crippen LogP contribution in [-0.4, -0.2) is 37.2 Å². The van der Waals surface area contributed by atoms with Crippen molar-refractivity contribution >= 4 is 35.0 Å². The Hall–Kier alpha value is -3.78. The lowest BCUT2D eigenvalue weighted by molar-refractivity contribution is -0.117. The molecule has 0 spiro atoms. The maximum Gasteiger partial charge on any atom is 0.232 e. The van der Waals surface area contributed by atoms with E-state index in [1.54, 1.807) is 28.0 Å². The van der Waals surface area contributed by atoms with E-state index in [2.05, 4.69) is 25.4 Å². The van der Waals surface area contributed by atoms with Crippen LogP contribution in [0.5, 0.6) is 0 Å². The molecule has 3 aromatic heterocycles. The van der Waals surface area contributed by atoms with Gasteiger partial charge in [0.25, 0.3) is 0 Å². The zero-order valence-corrected chi connectivity index (χ0v) is 18.1. The predicted octanol–water partition coefficient (Wildman–Crippen LogP) is 3.80. The normalized spacial score (nSPS) is 12.6. The molecule has 1 amide bonds. The van der Waals surface area contributed by atoms with Gasteiger partial charge in [0, 0.05) is 42.5 Å². The highest BCUT2D eigenvalue weighted by molar-refractivity contribution is 6.31. The van der Waals surface area contributed by atoms with Gasteiger partial charge in [0.2, 0.25) is 5.91 Å². The first-order chi connectivity index (χ1) is 15.6. The van der Waals surface area contributed by atoms with Crippen LogP contribution in [0.4, 0.5) is 17.5 Å². The molecule has 4 heterocycles. The van der Waals surface area contributed by atoms with Crippen LogP contribution in [0, 0.1) is 0 Å². The average molecular weight is 446 g/mol. The number of halogens is 1. The van der Waals surface area contributed by atoms with Crippen LogP contribution >= 0.6 is 11.6 Å². The number of rotatable bonds is 5. The number of hydrogen-bond acceptors (Lipinski definition) is 6. The van der Waals surface area contributed by atoms with Crippen molar-refractivity contribution in [2.45, 2.75) is 12.8 Å². The summed E-state index contributed by atoms with van der Waals surface area (Å²) in [7, 11) is 1.85. The molecule has 0 atom stereocenters. The lowest BCUT2D eigenvalue weighted by Gasteiger charge is -2.17. The van der Waals surface area contributed by atoms with E-state index in [4.69, 9.17) is 11.6 Å². The molecule has 0 fully saturated rings. The Bertz CT molecular complexity index is 1300. The Balaban J connectivity index is 1.36. The van der Waals surface area contributed by atoms with Crippen molar-refractivity contribution in [1.29, 1.82) is 0 Å². The standard InChI is InChI=1S/C23H20ClN7O/c1-30-21(6-8-28-30)29-20-12-19(26-14-27-20)17-10-16-7-9-31(23(16)25-13-17)22(32)11-15-4-2-3-5-18(15)24/h2-6,8,10,12-14H,7,9,11H2,1H3,(H,26,27,29). The first-order valence-electron chi connectivity index (χ1n) is 10.2. The van der Waals surface area contributed by atoms with Crippen LogP contribution in [0.15, 0.2) is 61.2 Å². The van der Waals surface area contributed by atoms with Crippen LogP contribution in [0.2, 0.25) is 5.02 Å². The van der Waals surface area contributed by atoms with Crippen molar-refractivity contribution in [2.24, 2.45) is 7.05 Å². The van der Waals surface area contributed by atoms with Crippen LogP contribution in [0.25, 0.3) is 11.3 Å². The second-order valence-corrected chi connectivity index (χ2v) is 7.93. The molecule has 0 radical (unpaired) electrons. The van der Waals surface area contributed by atoms with E-state index in [1.807, 2.05) is 43.4 Å². The summed E-state index contributed by atoms with van der Waals surface area (Å²) >= 11 is 6.22. The Morgan fingerprint density at radius 1 is 1.16 bits per heavy atom. The van der Waals surface area contributed by atoms with Crippen molar-refractivity contribution < 1.29 is 4.79 Å². The molecule has 0 unspecified atom stereocenters. The van der Waals surface area contributed by atoms with E-state index >= 15 is 0 Å². The molecule has 0 bridgehead atoms. The maximum absolute atomic E-state index is 12.9. The Labute approximate surface area is 189 Å². The number of hydrogen-bond donors (Lipinski definition) is 1. The van der Waals surface area contributed by atoms with Gasteiger partial charge in [-0.3, -0.25) is 14.4 Å². The van der Waals surface area contributed by atoms with Gasteiger partial charge in [-0.15, -0.1) is 0 Å². The smallest absolute Gasteiger partial charge is 0.232 e. The highest BCUT2D eigenvalue weighted by atomic mass is 35.5. The van der Waals surface area contributed by atoms with Gasteiger partial charge in [-0.2, -0.15) is 5.10 Å². The first-order valence-corrected chi connectivity index (χ1v) is 10.6. The van der Waals surface area contributed by atoms with Gasteiger partial charge in [-0.05, 0) is 29.7 Å². The second-order valence-electron chi connectivity index (χ2n) is 7.52. The van der Waals surface area contributed by atoms with Gasteiger partial charge in [-0.25, -0.2) is 15.0 Å². The molecule has 0 aliphatic carbocycles. The molecule has 0 saturated heterocycles. The van der Waals surface area contributed by atoms with E-state index in [0.717, 1.165) is 34.6 Å². The number of nitrogens with zero attached hydrogens (tertiary/aromatic N) is 6. The molecule has 5 rings (SSSR count). The second kappa shape index (κ2) is 8.39. The number of aryl methyl sites for hydroxylation is 1. The molecule has 4 aromatic rings. The summed E-state index contributed by atoms with van der Waals surface area (Å²) in [6, 6.07) is 13.2. The largest absolute Gasteiger partial charge is 0.325 e. The SMILES string of the molecule is Cn1nccc1Nc1cc(-c2cnc3c(c2)CCN3C(=O)Cc2ccccc2Cl)ncn1. The van der Waals surface area contributed by atoms with Crippen molar-refractivity contribution in [1.82, 2.24) is 24.7 Å². The summed E-state index contributed by atoms with van der Waals surface area (Å²) in [6.07, 6.45) is 5.97. The summed E-state index contributed by atoms with van der Waals surface area (Å²) in [5.74, 6) is 2.18. The van der Waals surface area contributed by atoms with Crippen molar-refractivity contribution in [2.75, 3.05) is 16.8 Å². The topological polar surface area (TPSA) is 88.8 Å². The van der Waals surface area contributed by atoms with Gasteiger partial charge in [0.15, 0.2) is 0 Å². The molecule has 1 aliphatic rings. The summed E-state index contributed by atoms with van der Waals surface area (Å²) in [6.45, 7) is 0.603. The Morgan fingerprint density at radius 2 is 2.03 bits per heavy atom. The van der Waals surface area contributed by atoms with Crippen molar-refractivity contribution in [3.05, 3.63) is 77.3 Å². The average Bonchev–Trinajstić information content (AvgIpc) is 3.41. The highest BCUT2D eigenvalue weighted by Gasteiger charge is 2.27. The monoisotopic (exact) mass is 445 g/mol. The molecule has 8 nitrogen and oxygen atoms in total. The quantitative estimate of drug-likeness (QED) is 0.502. The van der Waals surface area contributed by atoms with Crippen LogP contribution in [0.1, 0.15) is 11.1 Å². The van der Waals surface area contributed by atoms with Crippen molar-refractivity contribution in [3.8, 4) is 11.3 Å². The highest BCUT2D eigenvalue weighted by Crippen LogP contribution is 2.31. The summed E-state index contributed by atoms with van der Waals surface area (Å²) in [4.78, 5) is 27.9. The van der Waals surface area contributed by atoms with E-state index in [9.17, 15) is 4.79 Å².